The van der Waals surface area contributed by atoms with Gasteiger partial charge in [-0.25, -0.2) is 0 Å². The summed E-state index contributed by atoms with van der Waals surface area (Å²) in [6.45, 7) is 4.77. The fourth-order valence-corrected chi connectivity index (χ4v) is 3.76. The summed E-state index contributed by atoms with van der Waals surface area (Å²) in [6.07, 6.45) is 4.57. The standard InChI is InChI=1S/C19H25N5O3/c20-14-16-5-6-17(18(13-16)24(26)27)22-11-9-21(10-12-22)15-19(25)23-7-3-1-2-4-8-23/h5-6,13H,1-4,7-12,15H2. The molecule has 0 saturated carbocycles. The minimum atomic E-state index is -0.439. The first-order valence-corrected chi connectivity index (χ1v) is 9.52. The lowest BCUT2D eigenvalue weighted by Crippen LogP contribution is -2.50. The monoisotopic (exact) mass is 371 g/mol. The largest absolute Gasteiger partial charge is 0.363 e. The van der Waals surface area contributed by atoms with E-state index in [9.17, 15) is 14.9 Å². The van der Waals surface area contributed by atoms with Crippen molar-refractivity contribution in [1.82, 2.24) is 9.80 Å². The molecule has 0 atom stereocenters. The van der Waals surface area contributed by atoms with Crippen molar-refractivity contribution in [3.05, 3.63) is 33.9 Å². The van der Waals surface area contributed by atoms with Crippen molar-refractivity contribution in [2.45, 2.75) is 25.7 Å². The molecule has 0 N–H and O–H groups in total. The molecule has 2 fully saturated rings. The summed E-state index contributed by atoms with van der Waals surface area (Å²) < 4.78 is 0. The number of nitriles is 1. The van der Waals surface area contributed by atoms with Gasteiger partial charge in [-0.3, -0.25) is 19.8 Å². The summed E-state index contributed by atoms with van der Waals surface area (Å²) in [6, 6.07) is 6.52. The average Bonchev–Trinajstić information content (AvgIpc) is 2.97. The van der Waals surface area contributed by atoms with Gasteiger partial charge in [0.2, 0.25) is 5.91 Å². The predicted octanol–water partition coefficient (Wildman–Crippen LogP) is 1.99. The summed E-state index contributed by atoms with van der Waals surface area (Å²) in [7, 11) is 0. The van der Waals surface area contributed by atoms with E-state index in [1.807, 2.05) is 15.9 Å². The first-order chi connectivity index (χ1) is 13.1. The fraction of sp³-hybridized carbons (Fsp3) is 0.579. The SMILES string of the molecule is N#Cc1ccc(N2CCN(CC(=O)N3CCCCCC3)CC2)c([N+](=O)[O-])c1. The Balaban J connectivity index is 1.58. The zero-order chi connectivity index (χ0) is 19.2. The number of nitro benzene ring substituents is 1. The van der Waals surface area contributed by atoms with Crippen molar-refractivity contribution >= 4 is 17.3 Å². The molecule has 144 valence electrons. The molecule has 0 radical (unpaired) electrons. The minimum Gasteiger partial charge on any atom is -0.363 e. The Morgan fingerprint density at radius 2 is 1.74 bits per heavy atom. The number of hydrogen-bond donors (Lipinski definition) is 0. The molecule has 0 unspecified atom stereocenters. The van der Waals surface area contributed by atoms with E-state index in [-0.39, 0.29) is 17.2 Å². The second-order valence-corrected chi connectivity index (χ2v) is 7.13. The number of benzene rings is 1. The first-order valence-electron chi connectivity index (χ1n) is 9.52. The highest BCUT2D eigenvalue weighted by molar-refractivity contribution is 5.78. The Morgan fingerprint density at radius 3 is 2.33 bits per heavy atom. The maximum atomic E-state index is 12.5. The quantitative estimate of drug-likeness (QED) is 0.593. The van der Waals surface area contributed by atoms with Gasteiger partial charge in [0, 0.05) is 45.3 Å². The number of rotatable bonds is 4. The predicted molar refractivity (Wildman–Crippen MR) is 102 cm³/mol. The molecule has 8 nitrogen and oxygen atoms in total. The van der Waals surface area contributed by atoms with Crippen molar-refractivity contribution in [2.75, 3.05) is 50.7 Å². The van der Waals surface area contributed by atoms with Crippen molar-refractivity contribution in [3.63, 3.8) is 0 Å². The van der Waals surface area contributed by atoms with E-state index in [0.29, 0.717) is 38.4 Å². The first kappa shape index (κ1) is 19.1. The Bertz CT molecular complexity index is 729. The summed E-state index contributed by atoms with van der Waals surface area (Å²) in [5.41, 5.74) is 0.785. The highest BCUT2D eigenvalue weighted by Crippen LogP contribution is 2.29. The maximum absolute atomic E-state index is 12.5. The molecule has 27 heavy (non-hydrogen) atoms. The van der Waals surface area contributed by atoms with Crippen LogP contribution in [0.15, 0.2) is 18.2 Å². The zero-order valence-corrected chi connectivity index (χ0v) is 15.5. The molecule has 2 saturated heterocycles. The van der Waals surface area contributed by atoms with Crippen molar-refractivity contribution in [1.29, 1.82) is 5.26 Å². The van der Waals surface area contributed by atoms with Crippen LogP contribution in [0, 0.1) is 21.4 Å². The van der Waals surface area contributed by atoms with E-state index in [1.54, 1.807) is 12.1 Å². The lowest BCUT2D eigenvalue weighted by atomic mass is 10.1. The topological polar surface area (TPSA) is 93.7 Å². The van der Waals surface area contributed by atoms with Gasteiger partial charge in [0.1, 0.15) is 5.69 Å². The van der Waals surface area contributed by atoms with E-state index in [1.165, 1.54) is 18.9 Å². The second-order valence-electron chi connectivity index (χ2n) is 7.13. The molecular weight excluding hydrogens is 346 g/mol. The number of hydrogen-bond acceptors (Lipinski definition) is 6. The molecule has 2 aliphatic rings. The van der Waals surface area contributed by atoms with Crippen LogP contribution in [0.1, 0.15) is 31.2 Å². The molecule has 0 aliphatic carbocycles. The number of nitrogens with zero attached hydrogens (tertiary/aromatic N) is 5. The number of carbonyl (C=O) groups is 1. The number of piperazine rings is 1. The summed E-state index contributed by atoms with van der Waals surface area (Å²) in [5, 5.41) is 20.3. The minimum absolute atomic E-state index is 0.0388. The summed E-state index contributed by atoms with van der Waals surface area (Å²) in [5.74, 6) is 0.190. The third kappa shape index (κ3) is 4.74. The molecule has 2 aliphatic heterocycles. The van der Waals surface area contributed by atoms with Gasteiger partial charge >= 0.3 is 0 Å². The van der Waals surface area contributed by atoms with E-state index in [2.05, 4.69) is 4.90 Å². The molecular formula is C19H25N5O3. The van der Waals surface area contributed by atoms with Gasteiger partial charge in [0.15, 0.2) is 0 Å². The van der Waals surface area contributed by atoms with Crippen LogP contribution in [-0.2, 0) is 4.79 Å². The Kier molecular flexibility index (Phi) is 6.24. The molecule has 0 spiro atoms. The van der Waals surface area contributed by atoms with Gasteiger partial charge in [-0.05, 0) is 25.0 Å². The average molecular weight is 371 g/mol. The van der Waals surface area contributed by atoms with Crippen molar-refractivity contribution in [3.8, 4) is 6.07 Å². The van der Waals surface area contributed by atoms with Crippen molar-refractivity contribution in [2.24, 2.45) is 0 Å². The van der Waals surface area contributed by atoms with Gasteiger partial charge < -0.3 is 9.80 Å². The highest BCUT2D eigenvalue weighted by atomic mass is 16.6. The van der Waals surface area contributed by atoms with Crippen LogP contribution < -0.4 is 4.90 Å². The van der Waals surface area contributed by atoms with Crippen LogP contribution in [0.25, 0.3) is 0 Å². The Labute approximate surface area is 159 Å². The Morgan fingerprint density at radius 1 is 1.07 bits per heavy atom. The van der Waals surface area contributed by atoms with E-state index in [4.69, 9.17) is 5.26 Å². The molecule has 3 rings (SSSR count). The van der Waals surface area contributed by atoms with Crippen LogP contribution in [0.2, 0.25) is 0 Å². The smallest absolute Gasteiger partial charge is 0.293 e. The highest BCUT2D eigenvalue weighted by Gasteiger charge is 2.26. The van der Waals surface area contributed by atoms with Gasteiger partial charge in [-0.2, -0.15) is 5.26 Å². The number of likely N-dealkylation sites (tertiary alicyclic amines) is 1. The molecule has 1 aromatic carbocycles. The second kappa shape index (κ2) is 8.82. The van der Waals surface area contributed by atoms with Gasteiger partial charge in [-0.1, -0.05) is 12.8 Å². The lowest BCUT2D eigenvalue weighted by Gasteiger charge is -2.36. The third-order valence-electron chi connectivity index (χ3n) is 5.33. The van der Waals surface area contributed by atoms with Crippen LogP contribution >= 0.6 is 0 Å². The molecule has 2 heterocycles. The van der Waals surface area contributed by atoms with Gasteiger partial charge in [0.25, 0.3) is 5.69 Å². The zero-order valence-electron chi connectivity index (χ0n) is 15.5. The maximum Gasteiger partial charge on any atom is 0.293 e. The molecule has 1 amide bonds. The van der Waals surface area contributed by atoms with Gasteiger partial charge in [-0.15, -0.1) is 0 Å². The fourth-order valence-electron chi connectivity index (χ4n) is 3.76. The number of nitro groups is 1. The third-order valence-corrected chi connectivity index (χ3v) is 5.33. The summed E-state index contributed by atoms with van der Waals surface area (Å²) >= 11 is 0. The van der Waals surface area contributed by atoms with Crippen LogP contribution in [0.4, 0.5) is 11.4 Å². The van der Waals surface area contributed by atoms with Crippen LogP contribution in [0.5, 0.6) is 0 Å². The molecule has 0 bridgehead atoms. The van der Waals surface area contributed by atoms with Crippen LogP contribution in [-0.4, -0.2) is 66.4 Å². The number of anilines is 1. The molecule has 1 aromatic rings. The summed E-state index contributed by atoms with van der Waals surface area (Å²) in [4.78, 5) is 29.5. The molecule has 0 aromatic heterocycles. The Hall–Kier alpha value is -2.66. The lowest BCUT2D eigenvalue weighted by molar-refractivity contribution is -0.384. The van der Waals surface area contributed by atoms with E-state index < -0.39 is 4.92 Å². The van der Waals surface area contributed by atoms with E-state index >= 15 is 0 Å². The van der Waals surface area contributed by atoms with Gasteiger partial charge in [0.05, 0.1) is 23.1 Å². The number of amides is 1. The van der Waals surface area contributed by atoms with Crippen molar-refractivity contribution < 1.29 is 9.72 Å². The van der Waals surface area contributed by atoms with Crippen LogP contribution in [0.3, 0.4) is 0 Å². The molecule has 8 heteroatoms. The van der Waals surface area contributed by atoms with E-state index in [0.717, 1.165) is 25.9 Å². The number of carbonyl (C=O) groups excluding carboxylic acids is 1. The normalized spacial score (nSPS) is 18.6.